The Hall–Kier alpha value is -0.393. The Morgan fingerprint density at radius 2 is 1.57 bits per heavy atom. The van der Waals surface area contributed by atoms with Gasteiger partial charge in [-0.3, -0.25) is 4.79 Å². The smallest absolute Gasteiger partial charge is 0.476 e. The SMILES string of the molecule is CCC(=O)O[SiH](OC(C)C)OC(C)C. The van der Waals surface area contributed by atoms with Crippen molar-refractivity contribution >= 4 is 15.5 Å². The summed E-state index contributed by atoms with van der Waals surface area (Å²) >= 11 is 0. The molecule has 0 aliphatic heterocycles. The van der Waals surface area contributed by atoms with E-state index in [1.54, 1.807) is 6.92 Å². The van der Waals surface area contributed by atoms with Crippen LogP contribution in [0.5, 0.6) is 0 Å². The van der Waals surface area contributed by atoms with E-state index in [0.717, 1.165) is 0 Å². The molecule has 0 N–H and O–H groups in total. The summed E-state index contributed by atoms with van der Waals surface area (Å²) in [4.78, 5) is 11.0. The highest BCUT2D eigenvalue weighted by atomic mass is 28.3. The minimum Gasteiger partial charge on any atom is -0.476 e. The van der Waals surface area contributed by atoms with Gasteiger partial charge in [0.25, 0.3) is 5.97 Å². The van der Waals surface area contributed by atoms with Gasteiger partial charge < -0.3 is 13.3 Å². The van der Waals surface area contributed by atoms with Gasteiger partial charge in [0.15, 0.2) is 0 Å². The van der Waals surface area contributed by atoms with Gasteiger partial charge in [0.05, 0.1) is 0 Å². The van der Waals surface area contributed by atoms with Crippen LogP contribution < -0.4 is 0 Å². The van der Waals surface area contributed by atoms with Crippen molar-refractivity contribution in [2.24, 2.45) is 0 Å². The molecular formula is C9H20O4Si. The third-order valence-electron chi connectivity index (χ3n) is 1.28. The Bertz CT molecular complexity index is 160. The van der Waals surface area contributed by atoms with Gasteiger partial charge in [-0.2, -0.15) is 0 Å². The molecule has 0 atom stereocenters. The maximum Gasteiger partial charge on any atom is 0.551 e. The second-order valence-corrected chi connectivity index (χ2v) is 4.86. The monoisotopic (exact) mass is 220 g/mol. The van der Waals surface area contributed by atoms with E-state index < -0.39 is 9.53 Å². The maximum absolute atomic E-state index is 11.0. The Balaban J connectivity index is 4.03. The van der Waals surface area contributed by atoms with Crippen LogP contribution in [0.1, 0.15) is 41.0 Å². The molecule has 0 fully saturated rings. The van der Waals surface area contributed by atoms with E-state index in [1.165, 1.54) is 0 Å². The number of hydrogen-bond donors (Lipinski definition) is 0. The average Bonchev–Trinajstić information content (AvgIpc) is 2.01. The third kappa shape index (κ3) is 7.05. The van der Waals surface area contributed by atoms with Crippen LogP contribution in [-0.2, 0) is 18.1 Å². The first-order valence-corrected chi connectivity index (χ1v) is 6.37. The predicted octanol–water partition coefficient (Wildman–Crippen LogP) is 1.51. The van der Waals surface area contributed by atoms with E-state index in [1.807, 2.05) is 27.7 Å². The minimum atomic E-state index is -2.27. The average molecular weight is 220 g/mol. The second kappa shape index (κ2) is 6.97. The Kier molecular flexibility index (Phi) is 6.78. The molecule has 0 unspecified atom stereocenters. The van der Waals surface area contributed by atoms with Crippen molar-refractivity contribution in [3.8, 4) is 0 Å². The summed E-state index contributed by atoms with van der Waals surface area (Å²) in [7, 11) is -2.27. The van der Waals surface area contributed by atoms with Crippen molar-refractivity contribution in [3.05, 3.63) is 0 Å². The zero-order valence-electron chi connectivity index (χ0n) is 9.57. The number of carbonyl (C=O) groups is 1. The lowest BCUT2D eigenvalue weighted by atomic mass is 10.5. The molecule has 0 heterocycles. The van der Waals surface area contributed by atoms with E-state index in [-0.39, 0.29) is 18.2 Å². The van der Waals surface area contributed by atoms with Crippen LogP contribution in [0.25, 0.3) is 0 Å². The van der Waals surface area contributed by atoms with E-state index in [2.05, 4.69) is 0 Å². The number of rotatable bonds is 6. The van der Waals surface area contributed by atoms with E-state index in [0.29, 0.717) is 6.42 Å². The highest BCUT2D eigenvalue weighted by molar-refractivity contribution is 6.39. The molecular weight excluding hydrogens is 200 g/mol. The molecule has 0 aromatic heterocycles. The van der Waals surface area contributed by atoms with Crippen molar-refractivity contribution in [1.29, 1.82) is 0 Å². The van der Waals surface area contributed by atoms with Crippen LogP contribution in [0.2, 0.25) is 0 Å². The van der Waals surface area contributed by atoms with Crippen LogP contribution in [-0.4, -0.2) is 27.7 Å². The zero-order valence-corrected chi connectivity index (χ0v) is 10.7. The molecule has 84 valence electrons. The summed E-state index contributed by atoms with van der Waals surface area (Å²) in [6, 6.07) is 0. The molecule has 14 heavy (non-hydrogen) atoms. The molecule has 4 nitrogen and oxygen atoms in total. The molecule has 0 spiro atoms. The number of carbonyl (C=O) groups excluding carboxylic acids is 1. The van der Waals surface area contributed by atoms with Crippen molar-refractivity contribution in [1.82, 2.24) is 0 Å². The van der Waals surface area contributed by atoms with Crippen LogP contribution in [0, 0.1) is 0 Å². The molecule has 0 aliphatic carbocycles. The first kappa shape index (κ1) is 13.6. The first-order valence-electron chi connectivity index (χ1n) is 4.96. The van der Waals surface area contributed by atoms with E-state index in [4.69, 9.17) is 13.3 Å². The second-order valence-electron chi connectivity index (χ2n) is 3.50. The molecule has 0 radical (unpaired) electrons. The fraction of sp³-hybridized carbons (Fsp3) is 0.889. The van der Waals surface area contributed by atoms with Gasteiger partial charge in [0.1, 0.15) is 0 Å². The van der Waals surface area contributed by atoms with Gasteiger partial charge in [-0.05, 0) is 27.7 Å². The summed E-state index contributed by atoms with van der Waals surface area (Å²) < 4.78 is 15.9. The Morgan fingerprint density at radius 1 is 1.14 bits per heavy atom. The maximum atomic E-state index is 11.0. The summed E-state index contributed by atoms with van der Waals surface area (Å²) in [5, 5.41) is 0. The molecule has 5 heteroatoms. The standard InChI is InChI=1S/C9H20O4Si/c1-6-9(10)13-14(11-7(2)3)12-8(4)5/h7-8,14H,6H2,1-5H3. The van der Waals surface area contributed by atoms with Crippen LogP contribution in [0.15, 0.2) is 0 Å². The largest absolute Gasteiger partial charge is 0.551 e. The van der Waals surface area contributed by atoms with Crippen molar-refractivity contribution in [3.63, 3.8) is 0 Å². The Morgan fingerprint density at radius 3 is 1.86 bits per heavy atom. The minimum absolute atomic E-state index is 0.0232. The molecule has 0 aliphatic rings. The first-order chi connectivity index (χ1) is 6.45. The van der Waals surface area contributed by atoms with Gasteiger partial charge in [-0.15, -0.1) is 0 Å². The highest BCUT2D eigenvalue weighted by Gasteiger charge is 2.22. The summed E-state index contributed by atoms with van der Waals surface area (Å²) in [5.74, 6) is -0.261. The Labute approximate surface area is 87.5 Å². The van der Waals surface area contributed by atoms with Gasteiger partial charge >= 0.3 is 9.53 Å². The highest BCUT2D eigenvalue weighted by Crippen LogP contribution is 2.02. The van der Waals surface area contributed by atoms with E-state index >= 15 is 0 Å². The molecule has 0 aromatic rings. The van der Waals surface area contributed by atoms with E-state index in [9.17, 15) is 4.79 Å². The molecule has 0 bridgehead atoms. The lowest BCUT2D eigenvalue weighted by molar-refractivity contribution is -0.138. The van der Waals surface area contributed by atoms with Gasteiger partial charge in [0.2, 0.25) is 0 Å². The van der Waals surface area contributed by atoms with Crippen LogP contribution in [0.3, 0.4) is 0 Å². The van der Waals surface area contributed by atoms with Crippen molar-refractivity contribution < 1.29 is 18.1 Å². The van der Waals surface area contributed by atoms with Crippen LogP contribution >= 0.6 is 0 Å². The van der Waals surface area contributed by atoms with Crippen molar-refractivity contribution in [2.75, 3.05) is 0 Å². The van der Waals surface area contributed by atoms with Gasteiger partial charge in [0, 0.05) is 18.6 Å². The molecule has 0 rings (SSSR count). The normalized spacial score (nSPS) is 11.4. The lowest BCUT2D eigenvalue weighted by Gasteiger charge is -2.20. The van der Waals surface area contributed by atoms with Crippen molar-refractivity contribution in [2.45, 2.75) is 53.2 Å². The van der Waals surface area contributed by atoms with Gasteiger partial charge in [-0.25, -0.2) is 0 Å². The van der Waals surface area contributed by atoms with Gasteiger partial charge in [-0.1, -0.05) is 6.92 Å². The summed E-state index contributed by atoms with van der Waals surface area (Å²) in [6.45, 7) is 9.32. The third-order valence-corrected chi connectivity index (χ3v) is 3.27. The molecule has 0 saturated carbocycles. The summed E-state index contributed by atoms with van der Waals surface area (Å²) in [5.41, 5.74) is 0. The fourth-order valence-electron chi connectivity index (χ4n) is 0.723. The quantitative estimate of drug-likeness (QED) is 0.636. The zero-order chi connectivity index (χ0) is 11.1. The predicted molar refractivity (Wildman–Crippen MR) is 56.0 cm³/mol. The lowest BCUT2D eigenvalue weighted by Crippen LogP contribution is -2.34. The summed E-state index contributed by atoms with van der Waals surface area (Å²) in [6.07, 6.45) is 0.400. The number of hydrogen-bond acceptors (Lipinski definition) is 4. The molecule has 0 saturated heterocycles. The molecule has 0 aromatic carbocycles. The van der Waals surface area contributed by atoms with Crippen LogP contribution in [0.4, 0.5) is 0 Å². The fourth-order valence-corrected chi connectivity index (χ4v) is 2.17. The topological polar surface area (TPSA) is 44.8 Å². The molecule has 0 amide bonds.